The molecule has 0 bridgehead atoms. The summed E-state index contributed by atoms with van der Waals surface area (Å²) in [6.07, 6.45) is 4.14. The normalized spacial score (nSPS) is 9.68. The highest BCUT2D eigenvalue weighted by molar-refractivity contribution is 7.80. The number of nitrogens with zero attached hydrogens (tertiary/aromatic N) is 2. The van der Waals surface area contributed by atoms with Crippen molar-refractivity contribution >= 4 is 29.4 Å². The Morgan fingerprint density at radius 1 is 1.21 bits per heavy atom. The van der Waals surface area contributed by atoms with Crippen molar-refractivity contribution in [3.05, 3.63) is 60.4 Å². The molecule has 4 nitrogen and oxygen atoms in total. The van der Waals surface area contributed by atoms with Crippen LogP contribution in [0.3, 0.4) is 0 Å². The van der Waals surface area contributed by atoms with Crippen molar-refractivity contribution < 1.29 is 4.79 Å². The average Bonchev–Trinajstić information content (AvgIpc) is 2.48. The number of thiocarbonyl (C=S) groups is 1. The number of carbonyl (C=O) groups is 1. The van der Waals surface area contributed by atoms with Crippen molar-refractivity contribution in [2.75, 3.05) is 4.90 Å². The molecule has 5 heteroatoms. The maximum absolute atomic E-state index is 11.1. The summed E-state index contributed by atoms with van der Waals surface area (Å²) in [5, 5.41) is 3.42. The summed E-state index contributed by atoms with van der Waals surface area (Å²) in [6.45, 7) is 0.554. The van der Waals surface area contributed by atoms with Gasteiger partial charge in [-0.2, -0.15) is 0 Å². The second kappa shape index (κ2) is 6.61. The monoisotopic (exact) mass is 271 g/mol. The van der Waals surface area contributed by atoms with Gasteiger partial charge < -0.3 is 5.32 Å². The van der Waals surface area contributed by atoms with Gasteiger partial charge >= 0.3 is 0 Å². The van der Waals surface area contributed by atoms with E-state index in [1.165, 1.54) is 4.90 Å². The van der Waals surface area contributed by atoms with Gasteiger partial charge in [-0.25, -0.2) is 0 Å². The molecule has 0 fully saturated rings. The smallest absolute Gasteiger partial charge is 0.220 e. The van der Waals surface area contributed by atoms with Gasteiger partial charge in [-0.15, -0.1) is 0 Å². The zero-order valence-electron chi connectivity index (χ0n) is 10.2. The fourth-order valence-corrected chi connectivity index (χ4v) is 1.80. The van der Waals surface area contributed by atoms with Crippen molar-refractivity contribution in [2.45, 2.75) is 6.54 Å². The van der Waals surface area contributed by atoms with Crippen LogP contribution in [-0.2, 0) is 11.3 Å². The third-order valence-corrected chi connectivity index (χ3v) is 2.89. The topological polar surface area (TPSA) is 45.2 Å². The molecule has 1 N–H and O–H groups in total. The third kappa shape index (κ3) is 3.59. The summed E-state index contributed by atoms with van der Waals surface area (Å²) >= 11 is 5.22. The highest BCUT2D eigenvalue weighted by Gasteiger charge is 2.09. The van der Waals surface area contributed by atoms with E-state index in [-0.39, 0.29) is 0 Å². The number of carbonyl (C=O) groups excluding carboxylic acids is 1. The summed E-state index contributed by atoms with van der Waals surface area (Å²) in [6, 6.07) is 13.0. The fraction of sp³-hybridized carbons (Fsp3) is 0.0714. The van der Waals surface area contributed by atoms with Gasteiger partial charge in [0.1, 0.15) is 0 Å². The Labute approximate surface area is 117 Å². The Balaban J connectivity index is 2.00. The zero-order valence-corrected chi connectivity index (χ0v) is 11.0. The quantitative estimate of drug-likeness (QED) is 0.683. The fourth-order valence-electron chi connectivity index (χ4n) is 1.58. The Bertz CT molecular complexity index is 545. The molecule has 0 aliphatic rings. The van der Waals surface area contributed by atoms with Crippen LogP contribution in [0.1, 0.15) is 5.56 Å². The van der Waals surface area contributed by atoms with Gasteiger partial charge in [-0.05, 0) is 42.0 Å². The lowest BCUT2D eigenvalue weighted by Gasteiger charge is -2.19. The first kappa shape index (κ1) is 13.2. The Morgan fingerprint density at radius 2 is 1.89 bits per heavy atom. The lowest BCUT2D eigenvalue weighted by Crippen LogP contribution is -2.38. The highest BCUT2D eigenvalue weighted by atomic mass is 32.1. The standard InChI is InChI=1S/C14H13N3OS/c18-11-17(13-4-2-1-3-5-13)14(19)16-10-12-6-8-15-9-7-12/h1-9,11H,10H2,(H,16,19). The predicted octanol–water partition coefficient (Wildman–Crippen LogP) is 2.12. The molecule has 96 valence electrons. The van der Waals surface area contributed by atoms with Gasteiger partial charge in [0.15, 0.2) is 5.11 Å². The molecule has 0 radical (unpaired) electrons. The van der Waals surface area contributed by atoms with Crippen molar-refractivity contribution in [3.8, 4) is 0 Å². The van der Waals surface area contributed by atoms with Crippen LogP contribution in [-0.4, -0.2) is 16.5 Å². The minimum Gasteiger partial charge on any atom is -0.358 e. The first-order chi connectivity index (χ1) is 9.31. The minimum absolute atomic E-state index is 0.373. The number of hydrogen-bond acceptors (Lipinski definition) is 3. The second-order valence-corrected chi connectivity index (χ2v) is 4.21. The zero-order chi connectivity index (χ0) is 13.5. The number of aromatic nitrogens is 1. The van der Waals surface area contributed by atoms with Crippen molar-refractivity contribution in [3.63, 3.8) is 0 Å². The number of pyridine rings is 1. The molecule has 19 heavy (non-hydrogen) atoms. The second-order valence-electron chi connectivity index (χ2n) is 3.83. The number of rotatable bonds is 4. The molecule has 0 atom stereocenters. The van der Waals surface area contributed by atoms with E-state index in [9.17, 15) is 4.79 Å². The van der Waals surface area contributed by atoms with Gasteiger partial charge in [0, 0.05) is 18.9 Å². The van der Waals surface area contributed by atoms with Crippen LogP contribution in [0.15, 0.2) is 54.9 Å². The largest absolute Gasteiger partial charge is 0.358 e. The number of para-hydroxylation sites is 1. The first-order valence-electron chi connectivity index (χ1n) is 5.77. The van der Waals surface area contributed by atoms with Crippen LogP contribution in [0.25, 0.3) is 0 Å². The summed E-state index contributed by atoms with van der Waals surface area (Å²) in [4.78, 5) is 16.5. The number of nitrogens with one attached hydrogen (secondary N) is 1. The summed E-state index contributed by atoms with van der Waals surface area (Å²) < 4.78 is 0. The molecular formula is C14H13N3OS. The molecule has 2 rings (SSSR count). The summed E-state index contributed by atoms with van der Waals surface area (Å²) in [5.74, 6) is 0. The molecule has 1 heterocycles. The molecule has 1 amide bonds. The van der Waals surface area contributed by atoms with E-state index < -0.39 is 0 Å². The maximum Gasteiger partial charge on any atom is 0.220 e. The molecule has 1 aromatic heterocycles. The summed E-state index contributed by atoms with van der Waals surface area (Å²) in [7, 11) is 0. The molecule has 0 aliphatic heterocycles. The van der Waals surface area contributed by atoms with Gasteiger partial charge in [-0.1, -0.05) is 18.2 Å². The van der Waals surface area contributed by atoms with Gasteiger partial charge in [-0.3, -0.25) is 14.7 Å². The van der Waals surface area contributed by atoms with Crippen LogP contribution in [0.5, 0.6) is 0 Å². The Kier molecular flexibility index (Phi) is 4.58. The van der Waals surface area contributed by atoms with E-state index in [0.717, 1.165) is 11.3 Å². The maximum atomic E-state index is 11.1. The number of anilines is 1. The van der Waals surface area contributed by atoms with E-state index in [4.69, 9.17) is 12.2 Å². The molecule has 0 saturated carbocycles. The number of benzene rings is 1. The molecule has 0 unspecified atom stereocenters. The Hall–Kier alpha value is -2.27. The molecule has 0 spiro atoms. The average molecular weight is 271 g/mol. The van der Waals surface area contributed by atoms with Crippen LogP contribution in [0.4, 0.5) is 5.69 Å². The number of amides is 1. The van der Waals surface area contributed by atoms with Crippen molar-refractivity contribution in [1.82, 2.24) is 10.3 Å². The number of hydrogen-bond donors (Lipinski definition) is 1. The van der Waals surface area contributed by atoms with Crippen LogP contribution >= 0.6 is 12.2 Å². The van der Waals surface area contributed by atoms with E-state index in [2.05, 4.69) is 10.3 Å². The SMILES string of the molecule is O=CN(C(=S)NCc1ccncc1)c1ccccc1. The van der Waals surface area contributed by atoms with E-state index in [0.29, 0.717) is 18.1 Å². The molecular weight excluding hydrogens is 258 g/mol. The van der Waals surface area contributed by atoms with Crippen molar-refractivity contribution in [1.29, 1.82) is 0 Å². The third-order valence-electron chi connectivity index (χ3n) is 2.55. The molecule has 0 aliphatic carbocycles. The molecule has 0 saturated heterocycles. The van der Waals surface area contributed by atoms with Crippen LogP contribution in [0.2, 0.25) is 0 Å². The Morgan fingerprint density at radius 3 is 2.53 bits per heavy atom. The van der Waals surface area contributed by atoms with Gasteiger partial charge in [0.25, 0.3) is 0 Å². The summed E-state index contributed by atoms with van der Waals surface area (Å²) in [5.41, 5.74) is 1.79. The van der Waals surface area contributed by atoms with Gasteiger partial charge in [0.05, 0.1) is 5.69 Å². The lowest BCUT2D eigenvalue weighted by atomic mass is 10.3. The van der Waals surface area contributed by atoms with Gasteiger partial charge in [0.2, 0.25) is 6.41 Å². The van der Waals surface area contributed by atoms with Crippen LogP contribution < -0.4 is 10.2 Å². The van der Waals surface area contributed by atoms with E-state index in [1.807, 2.05) is 42.5 Å². The molecule has 1 aromatic carbocycles. The van der Waals surface area contributed by atoms with Crippen molar-refractivity contribution in [2.24, 2.45) is 0 Å². The molecule has 2 aromatic rings. The van der Waals surface area contributed by atoms with Crippen LogP contribution in [0, 0.1) is 0 Å². The highest BCUT2D eigenvalue weighted by Crippen LogP contribution is 2.11. The van der Waals surface area contributed by atoms with E-state index >= 15 is 0 Å². The predicted molar refractivity (Wildman–Crippen MR) is 78.7 cm³/mol. The first-order valence-corrected chi connectivity index (χ1v) is 6.18. The van der Waals surface area contributed by atoms with E-state index in [1.54, 1.807) is 12.4 Å². The lowest BCUT2D eigenvalue weighted by molar-refractivity contribution is -0.106. The minimum atomic E-state index is 0.373.